The van der Waals surface area contributed by atoms with Crippen molar-refractivity contribution in [3.8, 4) is 0 Å². The van der Waals surface area contributed by atoms with Crippen LogP contribution in [-0.2, 0) is 26.4 Å². The number of benzene rings is 3. The van der Waals surface area contributed by atoms with Gasteiger partial charge in [0.2, 0.25) is 19.9 Å². The summed E-state index contributed by atoms with van der Waals surface area (Å²) in [5, 5.41) is 13.3. The molecule has 1 aromatic heterocycles. The average molecular weight is 573 g/mol. The molecule has 0 bridgehead atoms. The highest BCUT2D eigenvalue weighted by atomic mass is 32.2. The van der Waals surface area contributed by atoms with Crippen molar-refractivity contribution in [1.82, 2.24) is 9.29 Å². The van der Waals surface area contributed by atoms with Gasteiger partial charge in [0, 0.05) is 31.3 Å². The number of carbonyl (C=O) groups excluding carboxylic acids is 1. The number of thiazole rings is 1. The smallest absolute Gasteiger partial charge is 0.269 e. The number of sulfonamides is 1. The van der Waals surface area contributed by atoms with Gasteiger partial charge in [-0.25, -0.2) is 21.8 Å². The molecule has 3 aromatic carbocycles. The summed E-state index contributed by atoms with van der Waals surface area (Å²) in [6.07, 6.45) is 1.08. The predicted octanol–water partition coefficient (Wildman–Crippen LogP) is 3.96. The number of rotatable bonds is 9. The fourth-order valence-corrected chi connectivity index (χ4v) is 6.94. The Kier molecular flexibility index (Phi) is 7.68. The highest BCUT2D eigenvalue weighted by molar-refractivity contribution is 7.93. The number of nitrogens with zero attached hydrogens (tertiary/aromatic N) is 3. The van der Waals surface area contributed by atoms with Crippen LogP contribution >= 0.6 is 11.3 Å². The van der Waals surface area contributed by atoms with Crippen LogP contribution in [0.25, 0.3) is 0 Å². The zero-order valence-electron chi connectivity index (χ0n) is 19.7. The second kappa shape index (κ2) is 10.8. The topological polar surface area (TPSA) is 157 Å². The van der Waals surface area contributed by atoms with Gasteiger partial charge in [0.25, 0.3) is 11.6 Å². The summed E-state index contributed by atoms with van der Waals surface area (Å²) in [6.45, 7) is 0.181. The van der Waals surface area contributed by atoms with E-state index in [1.54, 1.807) is 0 Å². The Hall–Kier alpha value is -3.98. The van der Waals surface area contributed by atoms with E-state index in [1.165, 1.54) is 35.6 Å². The van der Waals surface area contributed by atoms with Crippen LogP contribution in [0.3, 0.4) is 0 Å². The molecule has 1 N–H and O–H groups in total. The molecule has 0 spiro atoms. The number of hydrogen-bond acceptors (Lipinski definition) is 9. The van der Waals surface area contributed by atoms with Crippen LogP contribution < -0.4 is 5.32 Å². The zero-order valence-corrected chi connectivity index (χ0v) is 22.2. The van der Waals surface area contributed by atoms with Gasteiger partial charge in [-0.2, -0.15) is 4.31 Å². The van der Waals surface area contributed by atoms with E-state index >= 15 is 0 Å². The SMILES string of the molecule is CN(Cc1ccccc1)S(=O)(=O)c1ccc(C(=O)Nc2ncc(S(=O)(=O)c3ccc([N+](=O)[O-])cc3)s2)cc1. The first-order valence-electron chi connectivity index (χ1n) is 10.9. The van der Waals surface area contributed by atoms with Crippen molar-refractivity contribution >= 4 is 47.9 Å². The number of anilines is 1. The maximum absolute atomic E-state index is 12.9. The molecule has 38 heavy (non-hydrogen) atoms. The van der Waals surface area contributed by atoms with Crippen LogP contribution in [0.4, 0.5) is 10.8 Å². The molecule has 0 atom stereocenters. The van der Waals surface area contributed by atoms with Crippen molar-refractivity contribution in [3.05, 3.63) is 106 Å². The maximum Gasteiger partial charge on any atom is 0.269 e. The minimum Gasteiger partial charge on any atom is -0.298 e. The molecule has 1 heterocycles. The van der Waals surface area contributed by atoms with Crippen LogP contribution in [0.15, 0.2) is 99.1 Å². The Balaban J connectivity index is 1.45. The van der Waals surface area contributed by atoms with Crippen molar-refractivity contribution in [1.29, 1.82) is 0 Å². The van der Waals surface area contributed by atoms with E-state index in [2.05, 4.69) is 10.3 Å². The van der Waals surface area contributed by atoms with Gasteiger partial charge >= 0.3 is 0 Å². The molecule has 0 unspecified atom stereocenters. The Morgan fingerprint density at radius 1 is 0.947 bits per heavy atom. The number of nitro groups is 1. The Labute approximate surface area is 222 Å². The monoisotopic (exact) mass is 572 g/mol. The molecule has 196 valence electrons. The van der Waals surface area contributed by atoms with Crippen molar-refractivity contribution in [2.75, 3.05) is 12.4 Å². The fraction of sp³-hybridized carbons (Fsp3) is 0.0833. The molecule has 4 rings (SSSR count). The predicted molar refractivity (Wildman–Crippen MR) is 140 cm³/mol. The second-order valence-corrected chi connectivity index (χ2v) is 13.2. The number of amides is 1. The number of non-ortho nitro benzene ring substituents is 1. The molecule has 0 saturated carbocycles. The van der Waals surface area contributed by atoms with Gasteiger partial charge in [-0.15, -0.1) is 0 Å². The fourth-order valence-electron chi connectivity index (χ4n) is 3.36. The van der Waals surface area contributed by atoms with Crippen LogP contribution in [-0.4, -0.2) is 44.0 Å². The molecule has 0 aliphatic carbocycles. The summed E-state index contributed by atoms with van der Waals surface area (Å²) in [5.41, 5.74) is 0.723. The first kappa shape index (κ1) is 27.1. The lowest BCUT2D eigenvalue weighted by Crippen LogP contribution is -2.26. The highest BCUT2D eigenvalue weighted by Crippen LogP contribution is 2.30. The number of hydrogen-bond donors (Lipinski definition) is 1. The maximum atomic E-state index is 12.9. The van der Waals surface area contributed by atoms with Gasteiger partial charge in [-0.05, 0) is 42.0 Å². The Bertz CT molecular complexity index is 1690. The van der Waals surface area contributed by atoms with Gasteiger partial charge in [0.15, 0.2) is 5.13 Å². The second-order valence-electron chi connectivity index (χ2n) is 7.96. The number of nitro benzene ring substituents is 1. The van der Waals surface area contributed by atoms with Gasteiger partial charge in [-0.3, -0.25) is 20.2 Å². The number of nitrogens with one attached hydrogen (secondary N) is 1. The van der Waals surface area contributed by atoms with Crippen molar-refractivity contribution in [2.45, 2.75) is 20.5 Å². The molecule has 0 aliphatic rings. The molecular weight excluding hydrogens is 552 g/mol. The van der Waals surface area contributed by atoms with Crippen molar-refractivity contribution in [2.24, 2.45) is 0 Å². The molecule has 0 fully saturated rings. The summed E-state index contributed by atoms with van der Waals surface area (Å²) in [4.78, 5) is 26.6. The van der Waals surface area contributed by atoms with Crippen LogP contribution in [0.5, 0.6) is 0 Å². The highest BCUT2D eigenvalue weighted by Gasteiger charge is 2.24. The third-order valence-corrected chi connectivity index (χ3v) is 10.4. The van der Waals surface area contributed by atoms with Crippen LogP contribution in [0, 0.1) is 10.1 Å². The van der Waals surface area contributed by atoms with Crippen LogP contribution in [0.1, 0.15) is 15.9 Å². The molecule has 0 aliphatic heterocycles. The molecule has 0 saturated heterocycles. The minimum absolute atomic E-state index is 0.00905. The van der Waals surface area contributed by atoms with Gasteiger partial charge in [0.05, 0.1) is 20.9 Å². The number of sulfone groups is 1. The molecule has 14 heteroatoms. The summed E-state index contributed by atoms with van der Waals surface area (Å²) >= 11 is 0.713. The van der Waals surface area contributed by atoms with E-state index in [-0.39, 0.29) is 36.9 Å². The quantitative estimate of drug-likeness (QED) is 0.233. The Morgan fingerprint density at radius 2 is 1.55 bits per heavy atom. The van der Waals surface area contributed by atoms with Gasteiger partial charge < -0.3 is 0 Å². The summed E-state index contributed by atoms with van der Waals surface area (Å²) in [7, 11) is -6.34. The van der Waals surface area contributed by atoms with E-state index in [9.17, 15) is 31.7 Å². The Morgan fingerprint density at radius 3 is 2.16 bits per heavy atom. The third kappa shape index (κ3) is 5.78. The summed E-state index contributed by atoms with van der Waals surface area (Å²) in [6, 6.07) is 18.9. The van der Waals surface area contributed by atoms with E-state index in [1.807, 2.05) is 30.3 Å². The van der Waals surface area contributed by atoms with Crippen molar-refractivity contribution < 1.29 is 26.6 Å². The molecular formula is C24H20N4O7S3. The third-order valence-electron chi connectivity index (χ3n) is 5.40. The largest absolute Gasteiger partial charge is 0.298 e. The van der Waals surface area contributed by atoms with Crippen LogP contribution in [0.2, 0.25) is 0 Å². The minimum atomic E-state index is -4.00. The molecule has 0 radical (unpaired) electrons. The van der Waals surface area contributed by atoms with E-state index in [0.29, 0.717) is 11.3 Å². The normalized spacial score (nSPS) is 11.8. The molecule has 11 nitrogen and oxygen atoms in total. The molecule has 4 aromatic rings. The van der Waals surface area contributed by atoms with Crippen molar-refractivity contribution in [3.63, 3.8) is 0 Å². The standard InChI is InChI=1S/C24H20N4O7S3/c1-27(16-17-5-3-2-4-6-17)38(34,35)21-11-7-18(8-12-21)23(29)26-24-25-15-22(36-24)37(32,33)20-13-9-19(10-14-20)28(30)31/h2-15H,16H2,1H3,(H,25,26,29). The summed E-state index contributed by atoms with van der Waals surface area (Å²) < 4.78 is 52.5. The lowest BCUT2D eigenvalue weighted by molar-refractivity contribution is -0.384. The lowest BCUT2D eigenvalue weighted by atomic mass is 10.2. The average Bonchev–Trinajstić information content (AvgIpc) is 3.38. The zero-order chi connectivity index (χ0) is 27.5. The van der Waals surface area contributed by atoms with E-state index in [4.69, 9.17) is 0 Å². The van der Waals surface area contributed by atoms with Gasteiger partial charge in [-0.1, -0.05) is 41.7 Å². The first-order chi connectivity index (χ1) is 18.0. The van der Waals surface area contributed by atoms with Gasteiger partial charge in [0.1, 0.15) is 4.21 Å². The lowest BCUT2D eigenvalue weighted by Gasteiger charge is -2.17. The summed E-state index contributed by atoms with van der Waals surface area (Å²) in [5.74, 6) is -0.611. The first-order valence-corrected chi connectivity index (χ1v) is 14.6. The van der Waals surface area contributed by atoms with E-state index in [0.717, 1.165) is 36.0 Å². The number of carbonyl (C=O) groups is 1. The van der Waals surface area contributed by atoms with E-state index < -0.39 is 30.7 Å². The number of aromatic nitrogens is 1. The molecule has 1 amide bonds.